The Morgan fingerprint density at radius 3 is 2.79 bits per heavy atom. The van der Waals surface area contributed by atoms with Gasteiger partial charge in [-0.2, -0.15) is 0 Å². The summed E-state index contributed by atoms with van der Waals surface area (Å²) in [5.74, 6) is -0.179. The van der Waals surface area contributed by atoms with Crippen LogP contribution in [-0.2, 0) is 0 Å². The second-order valence-electron chi connectivity index (χ2n) is 2.41. The molecule has 0 fully saturated rings. The third-order valence-corrected chi connectivity index (χ3v) is 2.03. The average molecular weight is 328 g/mol. The van der Waals surface area contributed by atoms with E-state index in [9.17, 15) is 4.79 Å². The zero-order chi connectivity index (χ0) is 9.68. The van der Waals surface area contributed by atoms with Crippen molar-refractivity contribution in [3.8, 4) is 0 Å². The van der Waals surface area contributed by atoms with Crippen LogP contribution in [0.3, 0.4) is 0 Å². The second-order valence-corrected chi connectivity index (χ2v) is 3.65. The van der Waals surface area contributed by atoms with Gasteiger partial charge < -0.3 is 11.1 Å². The van der Waals surface area contributed by atoms with E-state index in [1.165, 1.54) is 0 Å². The largest absolute Gasteiger partial charge is 0.349 e. The van der Waals surface area contributed by atoms with Gasteiger partial charge in [-0.05, 0) is 34.7 Å². The molecule has 3 N–H and O–H groups in total. The van der Waals surface area contributed by atoms with Gasteiger partial charge in [0.1, 0.15) is 5.69 Å². The summed E-state index contributed by atoms with van der Waals surface area (Å²) in [6.07, 6.45) is 1.65. The van der Waals surface area contributed by atoms with Gasteiger partial charge in [-0.1, -0.05) is 0 Å². The monoisotopic (exact) mass is 327 g/mol. The van der Waals surface area contributed by atoms with Gasteiger partial charge in [-0.3, -0.25) is 4.79 Å². The number of nitrogens with two attached hydrogens (primary N) is 1. The van der Waals surface area contributed by atoms with Crippen molar-refractivity contribution >= 4 is 40.9 Å². The molecule has 0 radical (unpaired) electrons. The Labute approximate surface area is 102 Å². The highest BCUT2D eigenvalue weighted by Crippen LogP contribution is 2.02. The van der Waals surface area contributed by atoms with E-state index in [1.54, 1.807) is 12.3 Å². The molecule has 0 aliphatic rings. The summed E-state index contributed by atoms with van der Waals surface area (Å²) in [6, 6.07) is 3.53. The summed E-state index contributed by atoms with van der Waals surface area (Å²) in [5, 5.41) is 2.64. The van der Waals surface area contributed by atoms with Crippen molar-refractivity contribution in [1.29, 1.82) is 0 Å². The van der Waals surface area contributed by atoms with Crippen LogP contribution in [0, 0.1) is 3.57 Å². The van der Waals surface area contributed by atoms with Gasteiger partial charge in [0.05, 0.1) is 0 Å². The third-order valence-electron chi connectivity index (χ3n) is 1.39. The number of aromatic nitrogens is 1. The molecule has 0 atom stereocenters. The smallest absolute Gasteiger partial charge is 0.269 e. The molecule has 4 nitrogen and oxygen atoms in total. The molecule has 1 aromatic rings. The number of hydrogen-bond acceptors (Lipinski definition) is 3. The lowest BCUT2D eigenvalue weighted by atomic mass is 10.3. The summed E-state index contributed by atoms with van der Waals surface area (Å²) in [5.41, 5.74) is 5.67. The maximum atomic E-state index is 11.3. The molecule has 0 aromatic carbocycles. The van der Waals surface area contributed by atoms with Crippen LogP contribution < -0.4 is 11.1 Å². The van der Waals surface area contributed by atoms with Gasteiger partial charge in [0.2, 0.25) is 0 Å². The first kappa shape index (κ1) is 13.6. The molecular formula is C8H11ClIN3O. The van der Waals surface area contributed by atoms with Crippen molar-refractivity contribution in [2.24, 2.45) is 5.73 Å². The summed E-state index contributed by atoms with van der Waals surface area (Å²) in [6.45, 7) is 0.919. The quantitative estimate of drug-likeness (QED) is 0.807. The fourth-order valence-electron chi connectivity index (χ4n) is 0.786. The number of pyridine rings is 1. The maximum Gasteiger partial charge on any atom is 0.269 e. The minimum Gasteiger partial charge on any atom is -0.349 e. The van der Waals surface area contributed by atoms with Crippen LogP contribution in [-0.4, -0.2) is 24.0 Å². The van der Waals surface area contributed by atoms with Crippen LogP contribution in [0.15, 0.2) is 18.3 Å². The Balaban J connectivity index is 0.00000169. The minimum atomic E-state index is -0.179. The van der Waals surface area contributed by atoms with E-state index in [0.29, 0.717) is 18.8 Å². The van der Waals surface area contributed by atoms with Crippen LogP contribution in [0.25, 0.3) is 0 Å². The van der Waals surface area contributed by atoms with Gasteiger partial charge in [0.15, 0.2) is 0 Å². The first-order valence-electron chi connectivity index (χ1n) is 3.84. The van der Waals surface area contributed by atoms with Crippen molar-refractivity contribution in [3.05, 3.63) is 27.6 Å². The maximum absolute atomic E-state index is 11.3. The van der Waals surface area contributed by atoms with E-state index < -0.39 is 0 Å². The van der Waals surface area contributed by atoms with Gasteiger partial charge in [0, 0.05) is 22.9 Å². The predicted molar refractivity (Wildman–Crippen MR) is 65.6 cm³/mol. The summed E-state index contributed by atoms with van der Waals surface area (Å²) in [7, 11) is 0. The first-order chi connectivity index (χ1) is 6.24. The highest BCUT2D eigenvalue weighted by atomic mass is 127. The SMILES string of the molecule is Cl.NCCNC(=O)c1ccc(I)cn1. The fraction of sp³-hybridized carbons (Fsp3) is 0.250. The van der Waals surface area contributed by atoms with Crippen LogP contribution in [0.1, 0.15) is 10.5 Å². The number of amides is 1. The van der Waals surface area contributed by atoms with Gasteiger partial charge in [-0.15, -0.1) is 12.4 Å². The number of nitrogens with one attached hydrogen (secondary N) is 1. The normalized spacial score (nSPS) is 9.00. The lowest BCUT2D eigenvalue weighted by molar-refractivity contribution is 0.0950. The average Bonchev–Trinajstić information content (AvgIpc) is 2.15. The van der Waals surface area contributed by atoms with Crippen molar-refractivity contribution in [2.75, 3.05) is 13.1 Å². The highest BCUT2D eigenvalue weighted by Gasteiger charge is 2.04. The highest BCUT2D eigenvalue weighted by molar-refractivity contribution is 14.1. The number of carbonyl (C=O) groups is 1. The number of nitrogens with zero attached hydrogens (tertiary/aromatic N) is 1. The molecule has 0 aliphatic carbocycles. The molecule has 0 bridgehead atoms. The first-order valence-corrected chi connectivity index (χ1v) is 4.91. The topological polar surface area (TPSA) is 68.0 Å². The third kappa shape index (κ3) is 4.21. The van der Waals surface area contributed by atoms with Gasteiger partial charge in [-0.25, -0.2) is 4.98 Å². The summed E-state index contributed by atoms with van der Waals surface area (Å²) in [4.78, 5) is 15.3. The second kappa shape index (κ2) is 6.97. The Morgan fingerprint density at radius 2 is 2.29 bits per heavy atom. The number of rotatable bonds is 3. The molecule has 1 rings (SSSR count). The molecule has 0 aliphatic heterocycles. The molecular weight excluding hydrogens is 316 g/mol. The lowest BCUT2D eigenvalue weighted by Crippen LogP contribution is -2.29. The number of hydrogen-bond donors (Lipinski definition) is 2. The van der Waals surface area contributed by atoms with E-state index in [0.717, 1.165) is 3.57 Å². The molecule has 1 amide bonds. The van der Waals surface area contributed by atoms with E-state index in [4.69, 9.17) is 5.73 Å². The zero-order valence-electron chi connectivity index (χ0n) is 7.37. The van der Waals surface area contributed by atoms with E-state index >= 15 is 0 Å². The zero-order valence-corrected chi connectivity index (χ0v) is 10.3. The van der Waals surface area contributed by atoms with E-state index in [2.05, 4.69) is 32.9 Å². The summed E-state index contributed by atoms with van der Waals surface area (Å²) >= 11 is 2.13. The number of halogens is 2. The summed E-state index contributed by atoms with van der Waals surface area (Å²) < 4.78 is 1.01. The molecule has 0 saturated carbocycles. The van der Waals surface area contributed by atoms with Crippen LogP contribution >= 0.6 is 35.0 Å². The van der Waals surface area contributed by atoms with Crippen molar-refractivity contribution in [2.45, 2.75) is 0 Å². The standard InChI is InChI=1S/C8H10IN3O.ClH/c9-6-1-2-7(12-5-6)8(13)11-4-3-10;/h1-2,5H,3-4,10H2,(H,11,13);1H. The molecule has 0 spiro atoms. The van der Waals surface area contributed by atoms with Crippen LogP contribution in [0.4, 0.5) is 0 Å². The van der Waals surface area contributed by atoms with E-state index in [1.807, 2.05) is 6.07 Å². The predicted octanol–water partition coefficient (Wildman–Crippen LogP) is 0.796. The van der Waals surface area contributed by atoms with Crippen molar-refractivity contribution in [1.82, 2.24) is 10.3 Å². The molecule has 14 heavy (non-hydrogen) atoms. The Morgan fingerprint density at radius 1 is 1.57 bits per heavy atom. The van der Waals surface area contributed by atoms with Crippen LogP contribution in [0.2, 0.25) is 0 Å². The molecule has 78 valence electrons. The van der Waals surface area contributed by atoms with E-state index in [-0.39, 0.29) is 18.3 Å². The molecule has 6 heteroatoms. The Kier molecular flexibility index (Phi) is 6.77. The van der Waals surface area contributed by atoms with Crippen molar-refractivity contribution in [3.63, 3.8) is 0 Å². The van der Waals surface area contributed by atoms with Gasteiger partial charge >= 0.3 is 0 Å². The Bertz CT molecular complexity index is 291. The molecule has 1 heterocycles. The molecule has 0 unspecified atom stereocenters. The van der Waals surface area contributed by atoms with Crippen molar-refractivity contribution < 1.29 is 4.79 Å². The minimum absolute atomic E-state index is 0. The molecule has 0 saturated heterocycles. The molecule has 1 aromatic heterocycles. The Hall–Kier alpha value is -0.400. The fourth-order valence-corrected chi connectivity index (χ4v) is 1.11. The number of carbonyl (C=O) groups excluding carboxylic acids is 1. The lowest BCUT2D eigenvalue weighted by Gasteiger charge is -2.01. The van der Waals surface area contributed by atoms with Crippen LogP contribution in [0.5, 0.6) is 0 Å². The van der Waals surface area contributed by atoms with Gasteiger partial charge in [0.25, 0.3) is 5.91 Å².